The van der Waals surface area contributed by atoms with Gasteiger partial charge in [-0.05, 0) is 43.0 Å². The highest BCUT2D eigenvalue weighted by Gasteiger charge is 2.26. The Labute approximate surface area is 125 Å². The molecule has 1 aliphatic rings. The van der Waals surface area contributed by atoms with Crippen LogP contribution in [-0.2, 0) is 16.1 Å². The molecule has 0 radical (unpaired) electrons. The molecule has 0 spiro atoms. The van der Waals surface area contributed by atoms with Crippen molar-refractivity contribution in [2.45, 2.75) is 26.3 Å². The molecular weight excluding hydrogens is 274 g/mol. The molecule has 20 heavy (non-hydrogen) atoms. The first-order valence-electron chi connectivity index (χ1n) is 7.13. The van der Waals surface area contributed by atoms with Crippen LogP contribution in [0.2, 0.25) is 5.02 Å². The predicted molar refractivity (Wildman–Crippen MR) is 80.6 cm³/mol. The second-order valence-corrected chi connectivity index (χ2v) is 6.12. The second-order valence-electron chi connectivity index (χ2n) is 5.68. The molecule has 3 nitrogen and oxygen atoms in total. The monoisotopic (exact) mass is 295 g/mol. The predicted octanol–water partition coefficient (Wildman–Crippen LogP) is 3.36. The SMILES string of the molecule is COC(=O)C(C)CC1CCN(Cc2cccc(Cl)c2)C1. The molecule has 2 unspecified atom stereocenters. The summed E-state index contributed by atoms with van der Waals surface area (Å²) in [6.07, 6.45) is 2.07. The van der Waals surface area contributed by atoms with Crippen molar-refractivity contribution in [3.63, 3.8) is 0 Å². The lowest BCUT2D eigenvalue weighted by atomic mass is 9.95. The Balaban J connectivity index is 1.82. The summed E-state index contributed by atoms with van der Waals surface area (Å²) < 4.78 is 4.79. The maximum Gasteiger partial charge on any atom is 0.308 e. The zero-order chi connectivity index (χ0) is 14.5. The molecule has 2 rings (SSSR count). The molecule has 110 valence electrons. The van der Waals surface area contributed by atoms with E-state index >= 15 is 0 Å². The van der Waals surface area contributed by atoms with Crippen molar-refractivity contribution in [3.05, 3.63) is 34.9 Å². The van der Waals surface area contributed by atoms with Crippen LogP contribution in [0.4, 0.5) is 0 Å². The van der Waals surface area contributed by atoms with Crippen molar-refractivity contribution in [3.8, 4) is 0 Å². The first kappa shape index (κ1) is 15.3. The molecule has 1 saturated heterocycles. The molecule has 1 aromatic rings. The molecule has 0 saturated carbocycles. The van der Waals surface area contributed by atoms with Gasteiger partial charge in [0.05, 0.1) is 13.0 Å². The van der Waals surface area contributed by atoms with Crippen LogP contribution < -0.4 is 0 Å². The van der Waals surface area contributed by atoms with Gasteiger partial charge < -0.3 is 4.74 Å². The minimum absolute atomic E-state index is 0.00359. The van der Waals surface area contributed by atoms with Gasteiger partial charge in [-0.3, -0.25) is 9.69 Å². The minimum Gasteiger partial charge on any atom is -0.469 e. The van der Waals surface area contributed by atoms with E-state index in [4.69, 9.17) is 16.3 Å². The molecule has 1 aromatic carbocycles. The number of hydrogen-bond acceptors (Lipinski definition) is 3. The normalized spacial score (nSPS) is 20.9. The number of nitrogens with zero attached hydrogens (tertiary/aromatic N) is 1. The van der Waals surface area contributed by atoms with Crippen LogP contribution in [0.15, 0.2) is 24.3 Å². The third-order valence-electron chi connectivity index (χ3n) is 3.96. The summed E-state index contributed by atoms with van der Waals surface area (Å²) in [5, 5.41) is 0.789. The second kappa shape index (κ2) is 7.09. The lowest BCUT2D eigenvalue weighted by Gasteiger charge is -2.17. The molecule has 4 heteroatoms. The maximum absolute atomic E-state index is 11.5. The van der Waals surface area contributed by atoms with Crippen LogP contribution in [-0.4, -0.2) is 31.1 Å². The van der Waals surface area contributed by atoms with Gasteiger partial charge in [-0.15, -0.1) is 0 Å². The maximum atomic E-state index is 11.5. The Morgan fingerprint density at radius 3 is 3.05 bits per heavy atom. The van der Waals surface area contributed by atoms with E-state index in [0.717, 1.165) is 37.5 Å². The van der Waals surface area contributed by atoms with Crippen LogP contribution in [0.3, 0.4) is 0 Å². The van der Waals surface area contributed by atoms with E-state index in [0.29, 0.717) is 5.92 Å². The largest absolute Gasteiger partial charge is 0.469 e. The lowest BCUT2D eigenvalue weighted by Crippen LogP contribution is -2.22. The van der Waals surface area contributed by atoms with E-state index in [1.807, 2.05) is 25.1 Å². The van der Waals surface area contributed by atoms with Gasteiger partial charge in [-0.1, -0.05) is 30.7 Å². The Hall–Kier alpha value is -1.06. The zero-order valence-electron chi connectivity index (χ0n) is 12.1. The number of benzene rings is 1. The summed E-state index contributed by atoms with van der Waals surface area (Å²) in [5.41, 5.74) is 1.25. The smallest absolute Gasteiger partial charge is 0.308 e. The summed E-state index contributed by atoms with van der Waals surface area (Å²) in [7, 11) is 1.46. The molecule has 1 fully saturated rings. The first-order valence-corrected chi connectivity index (χ1v) is 7.51. The van der Waals surface area contributed by atoms with Gasteiger partial charge in [0.25, 0.3) is 0 Å². The Bertz CT molecular complexity index is 464. The van der Waals surface area contributed by atoms with E-state index in [2.05, 4.69) is 11.0 Å². The fourth-order valence-electron chi connectivity index (χ4n) is 2.94. The summed E-state index contributed by atoms with van der Waals surface area (Å²) in [5.74, 6) is 0.484. The van der Waals surface area contributed by atoms with Crippen LogP contribution in [0.5, 0.6) is 0 Å². The van der Waals surface area contributed by atoms with E-state index in [1.54, 1.807) is 0 Å². The van der Waals surface area contributed by atoms with Crippen molar-refractivity contribution >= 4 is 17.6 Å². The van der Waals surface area contributed by atoms with E-state index in [-0.39, 0.29) is 11.9 Å². The van der Waals surface area contributed by atoms with Crippen LogP contribution in [0, 0.1) is 11.8 Å². The summed E-state index contributed by atoms with van der Waals surface area (Å²) in [6, 6.07) is 8.02. The van der Waals surface area contributed by atoms with Gasteiger partial charge >= 0.3 is 5.97 Å². The summed E-state index contributed by atoms with van der Waals surface area (Å²) >= 11 is 6.01. The Morgan fingerprint density at radius 1 is 1.55 bits per heavy atom. The number of rotatable bonds is 5. The van der Waals surface area contributed by atoms with Crippen molar-refractivity contribution in [2.75, 3.05) is 20.2 Å². The molecule has 1 heterocycles. The van der Waals surface area contributed by atoms with Crippen LogP contribution in [0.1, 0.15) is 25.3 Å². The number of carbonyl (C=O) groups is 1. The molecule has 0 aromatic heterocycles. The molecule has 0 aliphatic carbocycles. The van der Waals surface area contributed by atoms with Crippen molar-refractivity contribution in [2.24, 2.45) is 11.8 Å². The van der Waals surface area contributed by atoms with Gasteiger partial charge in [0, 0.05) is 18.1 Å². The van der Waals surface area contributed by atoms with E-state index in [1.165, 1.54) is 12.7 Å². The van der Waals surface area contributed by atoms with Gasteiger partial charge in [0.15, 0.2) is 0 Å². The third-order valence-corrected chi connectivity index (χ3v) is 4.19. The number of carbonyl (C=O) groups excluding carboxylic acids is 1. The van der Waals surface area contributed by atoms with Crippen molar-refractivity contribution in [1.82, 2.24) is 4.90 Å². The van der Waals surface area contributed by atoms with Gasteiger partial charge in [0.1, 0.15) is 0 Å². The molecule has 0 amide bonds. The number of methoxy groups -OCH3 is 1. The van der Waals surface area contributed by atoms with Gasteiger partial charge in [-0.2, -0.15) is 0 Å². The highest BCUT2D eigenvalue weighted by Crippen LogP contribution is 2.25. The van der Waals surface area contributed by atoms with Crippen molar-refractivity contribution < 1.29 is 9.53 Å². The molecule has 2 atom stereocenters. The topological polar surface area (TPSA) is 29.5 Å². The van der Waals surface area contributed by atoms with E-state index < -0.39 is 0 Å². The summed E-state index contributed by atoms with van der Waals surface area (Å²) in [6.45, 7) is 5.02. The molecule has 0 bridgehead atoms. The van der Waals surface area contributed by atoms with E-state index in [9.17, 15) is 4.79 Å². The summed E-state index contributed by atoms with van der Waals surface area (Å²) in [4.78, 5) is 13.9. The fourth-order valence-corrected chi connectivity index (χ4v) is 3.15. The average Bonchev–Trinajstić information content (AvgIpc) is 2.85. The quantitative estimate of drug-likeness (QED) is 0.780. The van der Waals surface area contributed by atoms with Crippen LogP contribution >= 0.6 is 11.6 Å². The number of likely N-dealkylation sites (tertiary alicyclic amines) is 1. The number of ether oxygens (including phenoxy) is 1. The highest BCUT2D eigenvalue weighted by atomic mass is 35.5. The van der Waals surface area contributed by atoms with Gasteiger partial charge in [0.2, 0.25) is 0 Å². The third kappa shape index (κ3) is 4.22. The standard InChI is InChI=1S/C16H22ClNO2/c1-12(16(19)20-2)8-14-6-7-18(11-14)10-13-4-3-5-15(17)9-13/h3-5,9,12,14H,6-8,10-11H2,1-2H3. The van der Waals surface area contributed by atoms with Gasteiger partial charge in [-0.25, -0.2) is 0 Å². The number of halogens is 1. The Morgan fingerprint density at radius 2 is 2.35 bits per heavy atom. The minimum atomic E-state index is -0.0988. The first-order chi connectivity index (χ1) is 9.58. The molecular formula is C16H22ClNO2. The highest BCUT2D eigenvalue weighted by molar-refractivity contribution is 6.30. The van der Waals surface area contributed by atoms with Crippen LogP contribution in [0.25, 0.3) is 0 Å². The number of hydrogen-bond donors (Lipinski definition) is 0. The molecule has 1 aliphatic heterocycles. The average molecular weight is 296 g/mol. The van der Waals surface area contributed by atoms with Crippen molar-refractivity contribution in [1.29, 1.82) is 0 Å². The Kier molecular flexibility index (Phi) is 5.44. The molecule has 0 N–H and O–H groups in total. The zero-order valence-corrected chi connectivity index (χ0v) is 12.9. The fraction of sp³-hybridized carbons (Fsp3) is 0.562. The lowest BCUT2D eigenvalue weighted by molar-refractivity contribution is -0.145. The number of esters is 1.